The lowest BCUT2D eigenvalue weighted by atomic mass is 9.95. The summed E-state index contributed by atoms with van der Waals surface area (Å²) in [5.74, 6) is -0.0310. The molecule has 0 radical (unpaired) electrons. The van der Waals surface area contributed by atoms with Crippen LogP contribution in [0.5, 0.6) is 0 Å². The van der Waals surface area contributed by atoms with Gasteiger partial charge in [0.1, 0.15) is 0 Å². The molecule has 6 heteroatoms. The lowest BCUT2D eigenvalue weighted by Crippen LogP contribution is -2.15. The van der Waals surface area contributed by atoms with Crippen molar-refractivity contribution < 1.29 is 0 Å². The molecule has 6 nitrogen and oxygen atoms in total. The SMILES string of the molecule is NCC(c1ccc2[nH]c(=O)[nH]c2c1)c1cccnn1. The molecule has 0 saturated heterocycles. The van der Waals surface area contributed by atoms with Gasteiger partial charge in [0.15, 0.2) is 0 Å². The fourth-order valence-corrected chi connectivity index (χ4v) is 2.19. The third-order valence-corrected chi connectivity index (χ3v) is 3.13. The molecule has 0 saturated carbocycles. The van der Waals surface area contributed by atoms with Crippen LogP contribution in [0.15, 0.2) is 41.3 Å². The summed E-state index contributed by atoms with van der Waals surface area (Å²) < 4.78 is 0. The number of hydrogen-bond acceptors (Lipinski definition) is 4. The average Bonchev–Trinajstić information content (AvgIpc) is 2.80. The van der Waals surface area contributed by atoms with Gasteiger partial charge in [0.2, 0.25) is 0 Å². The first kappa shape index (κ1) is 11.6. The maximum absolute atomic E-state index is 11.3. The molecular weight excluding hydrogens is 242 g/mol. The monoisotopic (exact) mass is 255 g/mol. The molecule has 4 N–H and O–H groups in total. The van der Waals surface area contributed by atoms with Crippen LogP contribution in [-0.2, 0) is 0 Å². The third-order valence-electron chi connectivity index (χ3n) is 3.13. The predicted octanol–water partition coefficient (Wildman–Crippen LogP) is 0.737. The highest BCUT2D eigenvalue weighted by Crippen LogP contribution is 2.23. The van der Waals surface area contributed by atoms with Crippen molar-refractivity contribution in [2.45, 2.75) is 5.92 Å². The molecule has 1 aromatic carbocycles. The fourth-order valence-electron chi connectivity index (χ4n) is 2.19. The van der Waals surface area contributed by atoms with Crippen molar-refractivity contribution in [3.05, 3.63) is 58.3 Å². The molecule has 3 rings (SSSR count). The van der Waals surface area contributed by atoms with E-state index < -0.39 is 0 Å². The molecule has 0 amide bonds. The van der Waals surface area contributed by atoms with Gasteiger partial charge in [0, 0.05) is 18.7 Å². The number of H-pyrrole nitrogens is 2. The summed E-state index contributed by atoms with van der Waals surface area (Å²) in [7, 11) is 0. The summed E-state index contributed by atoms with van der Waals surface area (Å²) in [5, 5.41) is 7.98. The molecular formula is C13H13N5O. The summed E-state index contributed by atoms with van der Waals surface area (Å²) in [4.78, 5) is 16.7. The number of nitrogens with zero attached hydrogens (tertiary/aromatic N) is 2. The zero-order valence-corrected chi connectivity index (χ0v) is 10.1. The van der Waals surface area contributed by atoms with Gasteiger partial charge >= 0.3 is 5.69 Å². The van der Waals surface area contributed by atoms with Crippen LogP contribution in [0.3, 0.4) is 0 Å². The van der Waals surface area contributed by atoms with Gasteiger partial charge in [0.25, 0.3) is 0 Å². The van der Waals surface area contributed by atoms with Gasteiger partial charge in [-0.05, 0) is 29.8 Å². The van der Waals surface area contributed by atoms with Crippen LogP contribution in [0.1, 0.15) is 17.2 Å². The number of hydrogen-bond donors (Lipinski definition) is 3. The van der Waals surface area contributed by atoms with Gasteiger partial charge in [-0.1, -0.05) is 6.07 Å². The molecule has 0 bridgehead atoms. The first-order valence-electron chi connectivity index (χ1n) is 5.97. The lowest BCUT2D eigenvalue weighted by Gasteiger charge is -2.13. The highest BCUT2D eigenvalue weighted by atomic mass is 16.1. The van der Waals surface area contributed by atoms with E-state index in [9.17, 15) is 4.79 Å². The molecule has 1 unspecified atom stereocenters. The van der Waals surface area contributed by atoms with Crippen molar-refractivity contribution in [2.24, 2.45) is 5.73 Å². The summed E-state index contributed by atoms with van der Waals surface area (Å²) in [6.45, 7) is 0.429. The van der Waals surface area contributed by atoms with Crippen molar-refractivity contribution in [1.82, 2.24) is 20.2 Å². The van der Waals surface area contributed by atoms with Crippen LogP contribution in [0.25, 0.3) is 11.0 Å². The van der Waals surface area contributed by atoms with E-state index in [1.54, 1.807) is 6.20 Å². The normalized spacial score (nSPS) is 12.7. The van der Waals surface area contributed by atoms with Gasteiger partial charge in [-0.2, -0.15) is 10.2 Å². The Hall–Kier alpha value is -2.47. The van der Waals surface area contributed by atoms with E-state index in [4.69, 9.17) is 5.73 Å². The summed E-state index contributed by atoms with van der Waals surface area (Å²) in [5.41, 5.74) is 9.00. The Morgan fingerprint density at radius 1 is 1.21 bits per heavy atom. The molecule has 19 heavy (non-hydrogen) atoms. The van der Waals surface area contributed by atoms with Crippen molar-refractivity contribution in [3.63, 3.8) is 0 Å². The number of nitrogens with two attached hydrogens (primary N) is 1. The Labute approximate surface area is 108 Å². The molecule has 2 heterocycles. The predicted molar refractivity (Wildman–Crippen MR) is 71.8 cm³/mol. The minimum absolute atomic E-state index is 0.0310. The van der Waals surface area contributed by atoms with E-state index in [0.29, 0.717) is 6.54 Å². The number of nitrogens with one attached hydrogen (secondary N) is 2. The van der Waals surface area contributed by atoms with Crippen LogP contribution in [0.2, 0.25) is 0 Å². The molecule has 0 aliphatic heterocycles. The molecule has 2 aromatic heterocycles. The average molecular weight is 255 g/mol. The Balaban J connectivity index is 2.08. The third kappa shape index (κ3) is 2.13. The number of fused-ring (bicyclic) bond motifs is 1. The Morgan fingerprint density at radius 2 is 2.05 bits per heavy atom. The summed E-state index contributed by atoms with van der Waals surface area (Å²) in [6, 6.07) is 9.45. The Morgan fingerprint density at radius 3 is 2.79 bits per heavy atom. The minimum Gasteiger partial charge on any atom is -0.329 e. The summed E-state index contributed by atoms with van der Waals surface area (Å²) >= 11 is 0. The zero-order chi connectivity index (χ0) is 13.2. The second-order valence-corrected chi connectivity index (χ2v) is 4.32. The van der Waals surface area contributed by atoms with E-state index in [1.165, 1.54) is 0 Å². The van der Waals surface area contributed by atoms with Crippen LogP contribution in [-0.4, -0.2) is 26.7 Å². The van der Waals surface area contributed by atoms with E-state index in [-0.39, 0.29) is 11.6 Å². The number of rotatable bonds is 3. The van der Waals surface area contributed by atoms with Crippen molar-refractivity contribution in [2.75, 3.05) is 6.54 Å². The van der Waals surface area contributed by atoms with Crippen LogP contribution in [0, 0.1) is 0 Å². The second-order valence-electron chi connectivity index (χ2n) is 4.32. The zero-order valence-electron chi connectivity index (χ0n) is 10.1. The first-order chi connectivity index (χ1) is 9.28. The van der Waals surface area contributed by atoms with Gasteiger partial charge in [-0.25, -0.2) is 4.79 Å². The molecule has 0 aliphatic carbocycles. The van der Waals surface area contributed by atoms with Crippen molar-refractivity contribution in [1.29, 1.82) is 0 Å². The van der Waals surface area contributed by atoms with E-state index in [1.807, 2.05) is 30.3 Å². The maximum atomic E-state index is 11.3. The first-order valence-corrected chi connectivity index (χ1v) is 5.97. The van der Waals surface area contributed by atoms with E-state index >= 15 is 0 Å². The lowest BCUT2D eigenvalue weighted by molar-refractivity contribution is 0.761. The molecule has 3 aromatic rings. The molecule has 1 atom stereocenters. The van der Waals surface area contributed by atoms with Gasteiger partial charge in [-0.3, -0.25) is 0 Å². The standard InChI is InChI=1S/C13H13N5O/c14-7-9(10-2-1-5-15-18-10)8-3-4-11-12(6-8)17-13(19)16-11/h1-6,9H,7,14H2,(H2,16,17,19). The molecule has 96 valence electrons. The van der Waals surface area contributed by atoms with Crippen LogP contribution >= 0.6 is 0 Å². The largest absolute Gasteiger partial charge is 0.329 e. The molecule has 0 spiro atoms. The van der Waals surface area contributed by atoms with E-state index in [0.717, 1.165) is 22.3 Å². The van der Waals surface area contributed by atoms with E-state index in [2.05, 4.69) is 20.2 Å². The molecule has 0 fully saturated rings. The maximum Gasteiger partial charge on any atom is 0.323 e. The fraction of sp³-hybridized carbons (Fsp3) is 0.154. The smallest absolute Gasteiger partial charge is 0.323 e. The summed E-state index contributed by atoms with van der Waals surface area (Å²) in [6.07, 6.45) is 1.63. The second kappa shape index (κ2) is 4.66. The van der Waals surface area contributed by atoms with Gasteiger partial charge < -0.3 is 15.7 Å². The number of benzene rings is 1. The Kier molecular flexibility index (Phi) is 2.85. The topological polar surface area (TPSA) is 100 Å². The Bertz CT molecular complexity index is 746. The van der Waals surface area contributed by atoms with Gasteiger partial charge in [-0.15, -0.1) is 0 Å². The quantitative estimate of drug-likeness (QED) is 0.642. The number of imidazole rings is 1. The van der Waals surface area contributed by atoms with Crippen molar-refractivity contribution in [3.8, 4) is 0 Å². The van der Waals surface area contributed by atoms with Gasteiger partial charge in [0.05, 0.1) is 16.7 Å². The van der Waals surface area contributed by atoms with Crippen molar-refractivity contribution >= 4 is 11.0 Å². The number of aromatic amines is 2. The highest BCUT2D eigenvalue weighted by Gasteiger charge is 2.15. The highest BCUT2D eigenvalue weighted by molar-refractivity contribution is 5.75. The minimum atomic E-state index is -0.212. The van der Waals surface area contributed by atoms with Crippen LogP contribution < -0.4 is 11.4 Å². The van der Waals surface area contributed by atoms with Crippen LogP contribution in [0.4, 0.5) is 0 Å². The molecule has 0 aliphatic rings. The number of aromatic nitrogens is 4.